The fourth-order valence-corrected chi connectivity index (χ4v) is 2.85. The highest BCUT2D eigenvalue weighted by atomic mass is 19.4. The van der Waals surface area contributed by atoms with Crippen molar-refractivity contribution < 1.29 is 18.0 Å². The van der Waals surface area contributed by atoms with E-state index >= 15 is 0 Å². The van der Waals surface area contributed by atoms with Gasteiger partial charge in [-0.05, 0) is 40.5 Å². The lowest BCUT2D eigenvalue weighted by Gasteiger charge is -2.20. The van der Waals surface area contributed by atoms with Gasteiger partial charge in [-0.1, -0.05) is 42.5 Å². The number of nitrogens with zero attached hydrogens (tertiary/aromatic N) is 1. The van der Waals surface area contributed by atoms with E-state index in [0.717, 1.165) is 5.39 Å². The van der Waals surface area contributed by atoms with Gasteiger partial charge in [0.25, 0.3) is 0 Å². The van der Waals surface area contributed by atoms with Crippen molar-refractivity contribution in [1.29, 1.82) is 0 Å². The Morgan fingerprint density at radius 2 is 1.62 bits per heavy atom. The number of fused-ring (bicyclic) bond motifs is 1. The first kappa shape index (κ1) is 16.2. The third-order valence-corrected chi connectivity index (χ3v) is 3.98. The number of aromatic nitrogens is 1. The van der Waals surface area contributed by atoms with Crippen LogP contribution < -0.4 is 0 Å². The number of pyridine rings is 1. The fraction of sp³-hybridized carbons (Fsp3) is 0.158. The molecule has 1 aromatic heterocycles. The van der Waals surface area contributed by atoms with Crippen molar-refractivity contribution in [3.63, 3.8) is 0 Å². The molecule has 0 aliphatic heterocycles. The summed E-state index contributed by atoms with van der Waals surface area (Å²) >= 11 is 0. The van der Waals surface area contributed by atoms with E-state index in [9.17, 15) is 18.0 Å². The first-order valence-electron chi connectivity index (χ1n) is 7.44. The number of rotatable bonds is 4. The molecule has 1 atom stereocenters. The molecule has 0 bridgehead atoms. The van der Waals surface area contributed by atoms with Gasteiger partial charge in [-0.15, -0.1) is 0 Å². The van der Waals surface area contributed by atoms with Gasteiger partial charge in [0.15, 0.2) is 0 Å². The lowest BCUT2D eigenvalue weighted by molar-refractivity contribution is -0.172. The molecule has 0 aliphatic carbocycles. The van der Waals surface area contributed by atoms with Crippen molar-refractivity contribution in [3.05, 3.63) is 78.1 Å². The molecule has 1 unspecified atom stereocenters. The molecule has 2 nitrogen and oxygen atoms in total. The van der Waals surface area contributed by atoms with Crippen LogP contribution in [0.5, 0.6) is 0 Å². The normalized spacial score (nSPS) is 13.0. The highest BCUT2D eigenvalue weighted by Gasteiger charge is 2.44. The first-order chi connectivity index (χ1) is 11.5. The molecule has 0 saturated heterocycles. The topological polar surface area (TPSA) is 30.0 Å². The number of halogens is 3. The van der Waals surface area contributed by atoms with E-state index in [4.69, 9.17) is 0 Å². The third kappa shape index (κ3) is 3.30. The summed E-state index contributed by atoms with van der Waals surface area (Å²) in [4.78, 5) is 15.9. The largest absolute Gasteiger partial charge is 0.450 e. The molecule has 0 saturated carbocycles. The van der Waals surface area contributed by atoms with Crippen LogP contribution in [0.2, 0.25) is 0 Å². The Bertz CT molecular complexity index is 854. The van der Waals surface area contributed by atoms with E-state index in [2.05, 4.69) is 4.98 Å². The minimum absolute atomic E-state index is 0.0190. The average Bonchev–Trinajstić information content (AvgIpc) is 2.59. The van der Waals surface area contributed by atoms with E-state index in [1.165, 1.54) is 12.4 Å². The summed E-state index contributed by atoms with van der Waals surface area (Å²) in [7, 11) is 0. The van der Waals surface area contributed by atoms with Crippen LogP contribution in [0.4, 0.5) is 13.2 Å². The first-order valence-corrected chi connectivity index (χ1v) is 7.44. The number of hydrogen-bond donors (Lipinski definition) is 0. The van der Waals surface area contributed by atoms with Crippen molar-refractivity contribution >= 4 is 16.6 Å². The second kappa shape index (κ2) is 6.43. The molecule has 122 valence electrons. The summed E-state index contributed by atoms with van der Waals surface area (Å²) in [5, 5.41) is 1.47. The number of alkyl halides is 3. The van der Waals surface area contributed by atoms with Crippen LogP contribution in [0, 0.1) is 0 Å². The predicted octanol–water partition coefficient (Wildman–Crippen LogP) is 4.69. The van der Waals surface area contributed by atoms with Crippen LogP contribution in [0.3, 0.4) is 0 Å². The summed E-state index contributed by atoms with van der Waals surface area (Å²) in [5.41, 5.74) is 1.03. The highest BCUT2D eigenvalue weighted by Crippen LogP contribution is 2.34. The third-order valence-electron chi connectivity index (χ3n) is 3.98. The van der Waals surface area contributed by atoms with Gasteiger partial charge in [0.05, 0.1) is 5.92 Å². The molecule has 3 rings (SSSR count). The summed E-state index contributed by atoms with van der Waals surface area (Å²) in [5.74, 6) is -3.01. The Morgan fingerprint density at radius 3 is 2.33 bits per heavy atom. The van der Waals surface area contributed by atoms with Crippen molar-refractivity contribution in [2.24, 2.45) is 0 Å². The molecule has 0 spiro atoms. The lowest BCUT2D eigenvalue weighted by Crippen LogP contribution is -2.30. The molecular weight excluding hydrogens is 315 g/mol. The van der Waals surface area contributed by atoms with Crippen LogP contribution >= 0.6 is 0 Å². The maximum absolute atomic E-state index is 13.1. The van der Waals surface area contributed by atoms with Crippen molar-refractivity contribution in [2.75, 3.05) is 0 Å². The Balaban J connectivity index is 2.11. The summed E-state index contributed by atoms with van der Waals surface area (Å²) in [6.07, 6.45) is -1.88. The zero-order chi connectivity index (χ0) is 17.2. The van der Waals surface area contributed by atoms with Crippen LogP contribution in [-0.4, -0.2) is 16.9 Å². The number of hydrogen-bond acceptors (Lipinski definition) is 2. The Hall–Kier alpha value is -2.69. The van der Waals surface area contributed by atoms with Crippen molar-refractivity contribution in [3.8, 4) is 0 Å². The fourth-order valence-electron chi connectivity index (χ4n) is 2.85. The zero-order valence-corrected chi connectivity index (χ0v) is 12.6. The second-order valence-corrected chi connectivity index (χ2v) is 5.54. The summed E-state index contributed by atoms with van der Waals surface area (Å²) in [6, 6.07) is 15.5. The molecule has 1 heterocycles. The quantitative estimate of drug-likeness (QED) is 0.695. The van der Waals surface area contributed by atoms with Crippen LogP contribution in [0.25, 0.3) is 10.8 Å². The van der Waals surface area contributed by atoms with Gasteiger partial charge in [-0.3, -0.25) is 9.78 Å². The van der Waals surface area contributed by atoms with E-state index in [1.807, 2.05) is 18.2 Å². The van der Waals surface area contributed by atoms with Gasteiger partial charge in [-0.25, -0.2) is 0 Å². The monoisotopic (exact) mass is 329 g/mol. The van der Waals surface area contributed by atoms with Gasteiger partial charge in [0.2, 0.25) is 5.78 Å². The van der Waals surface area contributed by atoms with E-state index in [0.29, 0.717) is 16.5 Å². The Kier molecular flexibility index (Phi) is 4.34. The molecule has 0 N–H and O–H groups in total. The summed E-state index contributed by atoms with van der Waals surface area (Å²) in [6.45, 7) is 0. The number of carbonyl (C=O) groups is 1. The highest BCUT2D eigenvalue weighted by molar-refractivity contribution is 5.96. The molecule has 5 heteroatoms. The number of carbonyl (C=O) groups excluding carboxylic acids is 1. The SMILES string of the molecule is O=C(C(Cc1ccncc1)c1cccc2ccccc12)C(F)(F)F. The van der Waals surface area contributed by atoms with Gasteiger partial charge < -0.3 is 0 Å². The molecule has 0 fully saturated rings. The second-order valence-electron chi connectivity index (χ2n) is 5.54. The smallest absolute Gasteiger partial charge is 0.289 e. The van der Waals surface area contributed by atoms with Gasteiger partial charge in [0.1, 0.15) is 0 Å². The van der Waals surface area contributed by atoms with Crippen LogP contribution in [0.1, 0.15) is 17.0 Å². The number of ketones is 1. The van der Waals surface area contributed by atoms with E-state index in [1.54, 1.807) is 36.4 Å². The number of Topliss-reactive ketones (excluding diaryl/α,β-unsaturated/α-hetero) is 1. The molecule has 24 heavy (non-hydrogen) atoms. The van der Waals surface area contributed by atoms with E-state index < -0.39 is 17.9 Å². The molecular formula is C19H14F3NO. The minimum atomic E-state index is -4.88. The van der Waals surface area contributed by atoms with Crippen molar-refractivity contribution in [2.45, 2.75) is 18.5 Å². The number of benzene rings is 2. The van der Waals surface area contributed by atoms with E-state index in [-0.39, 0.29) is 6.42 Å². The maximum atomic E-state index is 13.1. The molecule has 0 aliphatic rings. The summed E-state index contributed by atoms with van der Waals surface area (Å²) < 4.78 is 39.4. The molecule has 0 amide bonds. The lowest BCUT2D eigenvalue weighted by atomic mass is 9.85. The molecule has 3 aromatic rings. The standard InChI is InChI=1S/C19H14F3NO/c20-19(21,22)18(24)17(12-13-8-10-23-11-9-13)16-7-3-5-14-4-1-2-6-15(14)16/h1-11,17H,12H2. The van der Waals surface area contributed by atoms with Gasteiger partial charge in [-0.2, -0.15) is 13.2 Å². The minimum Gasteiger partial charge on any atom is -0.289 e. The molecule has 2 aromatic carbocycles. The van der Waals surface area contributed by atoms with Crippen molar-refractivity contribution in [1.82, 2.24) is 4.98 Å². The molecule has 0 radical (unpaired) electrons. The Morgan fingerprint density at radius 1 is 0.958 bits per heavy atom. The Labute approximate surface area is 137 Å². The van der Waals surface area contributed by atoms with Crippen LogP contribution in [0.15, 0.2) is 67.0 Å². The maximum Gasteiger partial charge on any atom is 0.450 e. The predicted molar refractivity (Wildman–Crippen MR) is 85.7 cm³/mol. The zero-order valence-electron chi connectivity index (χ0n) is 12.6. The van der Waals surface area contributed by atoms with Gasteiger partial charge >= 0.3 is 6.18 Å². The van der Waals surface area contributed by atoms with Crippen LogP contribution in [-0.2, 0) is 11.2 Å². The van der Waals surface area contributed by atoms with Gasteiger partial charge in [0, 0.05) is 12.4 Å². The average molecular weight is 329 g/mol.